The molecule has 0 radical (unpaired) electrons. The first-order valence-corrected chi connectivity index (χ1v) is 7.14. The van der Waals surface area contributed by atoms with Gasteiger partial charge in [-0.2, -0.15) is 0 Å². The standard InChI is InChI=1S/C17H22N2O2/c1-13(2)17(3,21)12-18-16(20)14-7-6-8-15(11-14)19-9-4-5-10-19/h4-11,13,21H,12H2,1-3H3,(H,18,20). The molecule has 1 atom stereocenters. The Labute approximate surface area is 125 Å². The van der Waals surface area contributed by atoms with Crippen LogP contribution in [-0.4, -0.2) is 27.7 Å². The number of carbonyl (C=O) groups is 1. The lowest BCUT2D eigenvalue weighted by Gasteiger charge is -2.27. The number of aliphatic hydroxyl groups is 1. The molecule has 0 aliphatic heterocycles. The normalized spacial score (nSPS) is 14.0. The largest absolute Gasteiger partial charge is 0.388 e. The fourth-order valence-electron chi connectivity index (χ4n) is 1.88. The van der Waals surface area contributed by atoms with Crippen molar-refractivity contribution in [3.8, 4) is 5.69 Å². The molecule has 2 N–H and O–H groups in total. The molecule has 1 heterocycles. The van der Waals surface area contributed by atoms with Crippen molar-refractivity contribution in [1.29, 1.82) is 0 Å². The Morgan fingerprint density at radius 2 is 1.95 bits per heavy atom. The number of hydrogen-bond acceptors (Lipinski definition) is 2. The first kappa shape index (κ1) is 15.3. The van der Waals surface area contributed by atoms with Crippen LogP contribution in [0.15, 0.2) is 48.8 Å². The van der Waals surface area contributed by atoms with Crippen LogP contribution in [0.4, 0.5) is 0 Å². The summed E-state index contributed by atoms with van der Waals surface area (Å²) in [6.45, 7) is 5.82. The van der Waals surface area contributed by atoms with Crippen LogP contribution >= 0.6 is 0 Å². The molecule has 0 aliphatic carbocycles. The van der Waals surface area contributed by atoms with E-state index < -0.39 is 5.60 Å². The summed E-state index contributed by atoms with van der Waals surface area (Å²) >= 11 is 0. The van der Waals surface area contributed by atoms with E-state index in [0.29, 0.717) is 5.56 Å². The van der Waals surface area contributed by atoms with Crippen LogP contribution in [0.5, 0.6) is 0 Å². The molecule has 1 aromatic heterocycles. The molecule has 0 bridgehead atoms. The van der Waals surface area contributed by atoms with Crippen molar-refractivity contribution in [1.82, 2.24) is 9.88 Å². The molecule has 2 aromatic rings. The van der Waals surface area contributed by atoms with E-state index in [0.717, 1.165) is 5.69 Å². The molecule has 0 saturated carbocycles. The summed E-state index contributed by atoms with van der Waals surface area (Å²) < 4.78 is 1.95. The number of benzene rings is 1. The summed E-state index contributed by atoms with van der Waals surface area (Å²) in [5.41, 5.74) is 0.609. The third-order valence-corrected chi connectivity index (χ3v) is 3.86. The van der Waals surface area contributed by atoms with Crippen LogP contribution in [-0.2, 0) is 0 Å². The van der Waals surface area contributed by atoms with Gasteiger partial charge in [-0.1, -0.05) is 19.9 Å². The van der Waals surface area contributed by atoms with Crippen molar-refractivity contribution in [3.63, 3.8) is 0 Å². The van der Waals surface area contributed by atoms with Crippen molar-refractivity contribution in [2.75, 3.05) is 6.54 Å². The first-order chi connectivity index (χ1) is 9.90. The zero-order valence-electron chi connectivity index (χ0n) is 12.7. The Hall–Kier alpha value is -2.07. The summed E-state index contributed by atoms with van der Waals surface area (Å²) in [6, 6.07) is 11.3. The summed E-state index contributed by atoms with van der Waals surface area (Å²) in [5.74, 6) is -0.103. The minimum Gasteiger partial charge on any atom is -0.388 e. The van der Waals surface area contributed by atoms with Gasteiger partial charge in [0.1, 0.15) is 0 Å². The van der Waals surface area contributed by atoms with E-state index in [-0.39, 0.29) is 18.4 Å². The summed E-state index contributed by atoms with van der Waals surface area (Å²) in [7, 11) is 0. The molecule has 21 heavy (non-hydrogen) atoms. The van der Waals surface area contributed by atoms with E-state index in [1.54, 1.807) is 13.0 Å². The molecule has 0 fully saturated rings. The van der Waals surface area contributed by atoms with Gasteiger partial charge < -0.3 is 15.0 Å². The van der Waals surface area contributed by atoms with Crippen LogP contribution in [0, 0.1) is 5.92 Å². The second-order valence-electron chi connectivity index (χ2n) is 5.84. The van der Waals surface area contributed by atoms with Crippen molar-refractivity contribution in [3.05, 3.63) is 54.4 Å². The zero-order valence-corrected chi connectivity index (χ0v) is 12.7. The lowest BCUT2D eigenvalue weighted by atomic mass is 9.92. The van der Waals surface area contributed by atoms with Crippen LogP contribution in [0.1, 0.15) is 31.1 Å². The number of rotatable bonds is 5. The van der Waals surface area contributed by atoms with Gasteiger partial charge in [0, 0.05) is 30.2 Å². The summed E-state index contributed by atoms with van der Waals surface area (Å²) in [6.07, 6.45) is 3.86. The predicted octanol–water partition coefficient (Wildman–Crippen LogP) is 2.61. The average Bonchev–Trinajstić information content (AvgIpc) is 2.99. The molecule has 0 aliphatic rings. The maximum absolute atomic E-state index is 12.2. The second-order valence-corrected chi connectivity index (χ2v) is 5.84. The Kier molecular flexibility index (Phi) is 4.48. The highest BCUT2D eigenvalue weighted by molar-refractivity contribution is 5.94. The highest BCUT2D eigenvalue weighted by Crippen LogP contribution is 2.15. The first-order valence-electron chi connectivity index (χ1n) is 7.14. The Balaban J connectivity index is 2.08. The lowest BCUT2D eigenvalue weighted by Crippen LogP contribution is -2.44. The van der Waals surface area contributed by atoms with Crippen LogP contribution in [0.2, 0.25) is 0 Å². The monoisotopic (exact) mass is 286 g/mol. The number of carbonyl (C=O) groups excluding carboxylic acids is 1. The molecule has 112 valence electrons. The van der Waals surface area contributed by atoms with Crippen molar-refractivity contribution in [2.45, 2.75) is 26.4 Å². The quantitative estimate of drug-likeness (QED) is 0.887. The Bertz CT molecular complexity index is 601. The van der Waals surface area contributed by atoms with E-state index >= 15 is 0 Å². The predicted molar refractivity (Wildman–Crippen MR) is 83.6 cm³/mol. The van der Waals surface area contributed by atoms with Gasteiger partial charge in [-0.05, 0) is 43.2 Å². The highest BCUT2D eigenvalue weighted by Gasteiger charge is 2.25. The van der Waals surface area contributed by atoms with Gasteiger partial charge in [0.05, 0.1) is 5.60 Å². The Morgan fingerprint density at radius 3 is 2.57 bits per heavy atom. The van der Waals surface area contributed by atoms with Gasteiger partial charge in [0.15, 0.2) is 0 Å². The van der Waals surface area contributed by atoms with Crippen molar-refractivity contribution in [2.24, 2.45) is 5.92 Å². The van der Waals surface area contributed by atoms with E-state index in [9.17, 15) is 9.90 Å². The molecule has 4 nitrogen and oxygen atoms in total. The van der Waals surface area contributed by atoms with E-state index in [2.05, 4.69) is 5.32 Å². The number of nitrogens with zero attached hydrogens (tertiary/aromatic N) is 1. The number of hydrogen-bond donors (Lipinski definition) is 2. The molecule has 0 spiro atoms. The lowest BCUT2D eigenvalue weighted by molar-refractivity contribution is 0.0142. The van der Waals surface area contributed by atoms with Crippen molar-refractivity contribution < 1.29 is 9.90 Å². The third kappa shape index (κ3) is 3.73. The maximum atomic E-state index is 12.2. The van der Waals surface area contributed by atoms with E-state index in [1.165, 1.54) is 0 Å². The molecule has 2 rings (SSSR count). The molecular weight excluding hydrogens is 264 g/mol. The average molecular weight is 286 g/mol. The smallest absolute Gasteiger partial charge is 0.251 e. The van der Waals surface area contributed by atoms with E-state index in [4.69, 9.17) is 0 Å². The van der Waals surface area contributed by atoms with Gasteiger partial charge in [-0.3, -0.25) is 4.79 Å². The van der Waals surface area contributed by atoms with Crippen molar-refractivity contribution >= 4 is 5.91 Å². The maximum Gasteiger partial charge on any atom is 0.251 e. The molecule has 4 heteroatoms. The molecule has 1 unspecified atom stereocenters. The summed E-state index contributed by atoms with van der Waals surface area (Å²) in [4.78, 5) is 12.2. The van der Waals surface area contributed by atoms with Gasteiger partial charge in [-0.15, -0.1) is 0 Å². The van der Waals surface area contributed by atoms with Gasteiger partial charge in [0.25, 0.3) is 5.91 Å². The second kappa shape index (κ2) is 6.14. The molecule has 0 saturated heterocycles. The van der Waals surface area contributed by atoms with Crippen LogP contribution in [0.25, 0.3) is 5.69 Å². The Morgan fingerprint density at radius 1 is 1.29 bits per heavy atom. The van der Waals surface area contributed by atoms with E-state index in [1.807, 2.05) is 61.1 Å². The fourth-order valence-corrected chi connectivity index (χ4v) is 1.88. The SMILES string of the molecule is CC(C)C(C)(O)CNC(=O)c1cccc(-n2cccc2)c1. The molecule has 1 amide bonds. The third-order valence-electron chi connectivity index (χ3n) is 3.86. The number of amides is 1. The molecule has 1 aromatic carbocycles. The zero-order chi connectivity index (χ0) is 15.5. The fraction of sp³-hybridized carbons (Fsp3) is 0.353. The van der Waals surface area contributed by atoms with Crippen LogP contribution in [0.3, 0.4) is 0 Å². The topological polar surface area (TPSA) is 54.3 Å². The van der Waals surface area contributed by atoms with Gasteiger partial charge in [0.2, 0.25) is 0 Å². The number of aromatic nitrogens is 1. The van der Waals surface area contributed by atoms with Gasteiger partial charge >= 0.3 is 0 Å². The minimum absolute atomic E-state index is 0.0732. The van der Waals surface area contributed by atoms with Gasteiger partial charge in [-0.25, -0.2) is 0 Å². The molecular formula is C17H22N2O2. The number of nitrogens with one attached hydrogen (secondary N) is 1. The van der Waals surface area contributed by atoms with Crippen LogP contribution < -0.4 is 5.32 Å². The highest BCUT2D eigenvalue weighted by atomic mass is 16.3. The minimum atomic E-state index is -0.909. The summed E-state index contributed by atoms with van der Waals surface area (Å²) in [5, 5.41) is 13.0.